The highest BCUT2D eigenvalue weighted by Gasteiger charge is 2.30. The molecule has 26 heavy (non-hydrogen) atoms. The molecule has 1 aromatic heterocycles. The molecule has 138 valence electrons. The number of benzene rings is 1. The van der Waals surface area contributed by atoms with Gasteiger partial charge in [0.25, 0.3) is 5.03 Å². The highest BCUT2D eigenvalue weighted by atomic mass is 32.2. The number of carbonyl (C=O) groups is 1. The molecule has 1 heterocycles. The molecule has 0 amide bonds. The molecule has 1 N–H and O–H groups in total. The Morgan fingerprint density at radius 2 is 1.88 bits per heavy atom. The molecule has 0 fully saturated rings. The highest BCUT2D eigenvalue weighted by molar-refractivity contribution is 7.91. The lowest BCUT2D eigenvalue weighted by molar-refractivity contribution is -0.732. The minimum atomic E-state index is -3.95. The number of rotatable bonds is 8. The molecule has 0 aliphatic rings. The monoisotopic (exact) mass is 381 g/mol. The van der Waals surface area contributed by atoms with Crippen molar-refractivity contribution >= 4 is 21.6 Å². The van der Waals surface area contributed by atoms with Crippen molar-refractivity contribution < 1.29 is 32.8 Å². The predicted molar refractivity (Wildman–Crippen MR) is 88.8 cm³/mol. The van der Waals surface area contributed by atoms with E-state index in [-0.39, 0.29) is 18.8 Å². The Bertz CT molecular complexity index is 898. The van der Waals surface area contributed by atoms with E-state index >= 15 is 0 Å². The van der Waals surface area contributed by atoms with Crippen LogP contribution in [0.2, 0.25) is 0 Å². The first-order valence-electron chi connectivity index (χ1n) is 7.47. The quantitative estimate of drug-likeness (QED) is 0.542. The van der Waals surface area contributed by atoms with Crippen molar-refractivity contribution in [3.05, 3.63) is 52.9 Å². The minimum absolute atomic E-state index is 0.0849. The molecule has 0 radical (unpaired) electrons. The number of sulfone groups is 1. The van der Waals surface area contributed by atoms with Crippen LogP contribution in [0.4, 0.5) is 5.82 Å². The van der Waals surface area contributed by atoms with Crippen LogP contribution in [0.15, 0.2) is 47.5 Å². The van der Waals surface area contributed by atoms with Gasteiger partial charge in [0.1, 0.15) is 6.61 Å². The standard InChI is InChI=1S/C16H17N2O7S/c1-24-15(19)9-10-26(22,23)14-8-7-13(16(17-14)18(20)21)25-11-12-5-3-2-4-6-12/h2-8H,9-11H2,1H3,(H,20,21)/q+1. The first-order chi connectivity index (χ1) is 12.3. The lowest BCUT2D eigenvalue weighted by atomic mass is 10.2. The van der Waals surface area contributed by atoms with Gasteiger partial charge in [-0.25, -0.2) is 8.42 Å². The van der Waals surface area contributed by atoms with Crippen LogP contribution >= 0.6 is 0 Å². The van der Waals surface area contributed by atoms with E-state index in [9.17, 15) is 23.3 Å². The molecular formula is C16H17N2O7S+. The molecule has 1 aromatic carbocycles. The van der Waals surface area contributed by atoms with Crippen molar-refractivity contribution in [2.45, 2.75) is 18.1 Å². The van der Waals surface area contributed by atoms with Gasteiger partial charge in [-0.15, -0.1) is 0 Å². The number of nitrogens with zero attached hydrogens (tertiary/aromatic N) is 2. The molecule has 2 aromatic rings. The zero-order valence-electron chi connectivity index (χ0n) is 13.9. The van der Waals surface area contributed by atoms with Gasteiger partial charge >= 0.3 is 11.8 Å². The van der Waals surface area contributed by atoms with Gasteiger partial charge in [0, 0.05) is 6.07 Å². The molecule has 0 aliphatic heterocycles. The summed E-state index contributed by atoms with van der Waals surface area (Å²) in [7, 11) is -2.81. The second kappa shape index (κ2) is 8.39. The van der Waals surface area contributed by atoms with E-state index < -0.39 is 37.3 Å². The molecule has 0 bridgehead atoms. The van der Waals surface area contributed by atoms with Crippen LogP contribution < -0.4 is 4.74 Å². The van der Waals surface area contributed by atoms with Crippen LogP contribution in [0.3, 0.4) is 0 Å². The number of aromatic nitrogens is 1. The molecule has 0 unspecified atom stereocenters. The SMILES string of the molecule is COC(=O)CCS(=O)(=O)c1ccc(OCc2ccccc2)c([N+](=O)O)n1. The Morgan fingerprint density at radius 3 is 2.50 bits per heavy atom. The van der Waals surface area contributed by atoms with E-state index in [1.54, 1.807) is 24.3 Å². The number of ether oxygens (including phenoxy) is 2. The Hall–Kier alpha value is -3.01. The Labute approximate surface area is 149 Å². The summed E-state index contributed by atoms with van der Waals surface area (Å²) in [4.78, 5) is 25.5. The molecule has 0 saturated heterocycles. The van der Waals surface area contributed by atoms with Gasteiger partial charge in [-0.3, -0.25) is 4.79 Å². The minimum Gasteiger partial charge on any atom is -0.481 e. The fourth-order valence-electron chi connectivity index (χ4n) is 2.00. The van der Waals surface area contributed by atoms with Crippen LogP contribution in [-0.4, -0.2) is 42.4 Å². The van der Waals surface area contributed by atoms with Crippen molar-refractivity contribution in [3.63, 3.8) is 0 Å². The van der Waals surface area contributed by atoms with Gasteiger partial charge in [0.2, 0.25) is 15.6 Å². The Morgan fingerprint density at radius 1 is 1.19 bits per heavy atom. The third kappa shape index (κ3) is 4.99. The zero-order valence-corrected chi connectivity index (χ0v) is 14.7. The fourth-order valence-corrected chi connectivity index (χ4v) is 3.15. The van der Waals surface area contributed by atoms with Gasteiger partial charge in [0.05, 0.1) is 19.3 Å². The van der Waals surface area contributed by atoms with Crippen molar-refractivity contribution in [1.82, 2.24) is 4.98 Å². The maximum Gasteiger partial charge on any atom is 0.451 e. The fraction of sp³-hybridized carbons (Fsp3) is 0.250. The van der Waals surface area contributed by atoms with Crippen molar-refractivity contribution in [3.8, 4) is 5.75 Å². The third-order valence-corrected chi connectivity index (χ3v) is 4.96. The molecule has 0 atom stereocenters. The van der Waals surface area contributed by atoms with Crippen LogP contribution in [0.5, 0.6) is 5.75 Å². The summed E-state index contributed by atoms with van der Waals surface area (Å²) in [5, 5.41) is 8.75. The van der Waals surface area contributed by atoms with Gasteiger partial charge in [-0.1, -0.05) is 30.3 Å². The molecule has 0 spiro atoms. The van der Waals surface area contributed by atoms with E-state index in [2.05, 4.69) is 9.72 Å². The Kier molecular flexibility index (Phi) is 6.23. The lowest BCUT2D eigenvalue weighted by Gasteiger charge is -2.06. The van der Waals surface area contributed by atoms with Gasteiger partial charge in [-0.2, -0.15) is 0 Å². The number of carbonyl (C=O) groups excluding carboxylic acids is 1. The molecule has 9 nitrogen and oxygen atoms in total. The molecule has 0 aliphatic carbocycles. The number of hydrogen-bond acceptors (Lipinski definition) is 7. The van der Waals surface area contributed by atoms with Crippen molar-refractivity contribution in [2.24, 2.45) is 0 Å². The van der Waals surface area contributed by atoms with Crippen LogP contribution in [0, 0.1) is 4.91 Å². The van der Waals surface area contributed by atoms with E-state index in [1.165, 1.54) is 6.07 Å². The first-order valence-corrected chi connectivity index (χ1v) is 9.12. The van der Waals surface area contributed by atoms with Crippen LogP contribution in [-0.2, 0) is 26.0 Å². The molecule has 10 heteroatoms. The Balaban J connectivity index is 2.22. The normalized spacial score (nSPS) is 11.0. The van der Waals surface area contributed by atoms with Crippen molar-refractivity contribution in [1.29, 1.82) is 0 Å². The summed E-state index contributed by atoms with van der Waals surface area (Å²) in [6.45, 7) is 0.0950. The summed E-state index contributed by atoms with van der Waals surface area (Å²) in [6.07, 6.45) is -0.359. The summed E-state index contributed by atoms with van der Waals surface area (Å²) < 4.78 is 34.2. The summed E-state index contributed by atoms with van der Waals surface area (Å²) in [5.74, 6) is -1.91. The van der Waals surface area contributed by atoms with E-state index in [1.807, 2.05) is 6.07 Å². The highest BCUT2D eigenvalue weighted by Crippen LogP contribution is 2.27. The summed E-state index contributed by atoms with van der Waals surface area (Å²) in [6, 6.07) is 11.4. The largest absolute Gasteiger partial charge is 0.481 e. The smallest absolute Gasteiger partial charge is 0.451 e. The van der Waals surface area contributed by atoms with E-state index in [0.29, 0.717) is 0 Å². The zero-order chi connectivity index (χ0) is 19.2. The van der Waals surface area contributed by atoms with Crippen molar-refractivity contribution in [2.75, 3.05) is 12.9 Å². The second-order valence-electron chi connectivity index (χ2n) is 5.16. The molecular weight excluding hydrogens is 364 g/mol. The maximum absolute atomic E-state index is 12.2. The molecule has 2 rings (SSSR count). The van der Waals surface area contributed by atoms with Gasteiger partial charge < -0.3 is 14.7 Å². The second-order valence-corrected chi connectivity index (χ2v) is 7.22. The average molecular weight is 381 g/mol. The average Bonchev–Trinajstić information content (AvgIpc) is 2.65. The van der Waals surface area contributed by atoms with E-state index in [4.69, 9.17) is 4.74 Å². The van der Waals surface area contributed by atoms with Gasteiger partial charge in [0.15, 0.2) is 4.92 Å². The van der Waals surface area contributed by atoms with Crippen LogP contribution in [0.25, 0.3) is 0 Å². The maximum atomic E-state index is 12.2. The van der Waals surface area contributed by atoms with E-state index in [0.717, 1.165) is 18.7 Å². The van der Waals surface area contributed by atoms with Gasteiger partial charge in [-0.05, 0) is 21.5 Å². The number of hydrogen-bond donors (Lipinski definition) is 1. The molecule has 0 saturated carbocycles. The number of esters is 1. The van der Waals surface area contributed by atoms with Crippen LogP contribution in [0.1, 0.15) is 12.0 Å². The predicted octanol–water partition coefficient (Wildman–Crippen LogP) is 1.80. The topological polar surface area (TPSA) is 123 Å². The summed E-state index contributed by atoms with van der Waals surface area (Å²) in [5.41, 5.74) is 0.809. The number of pyridine rings is 1. The first kappa shape index (κ1) is 19.3. The lowest BCUT2D eigenvalue weighted by Crippen LogP contribution is -2.14. The summed E-state index contributed by atoms with van der Waals surface area (Å²) >= 11 is 0. The number of methoxy groups -OCH3 is 1. The third-order valence-electron chi connectivity index (χ3n) is 3.35.